The van der Waals surface area contributed by atoms with Gasteiger partial charge in [0.15, 0.2) is 5.16 Å². The lowest BCUT2D eigenvalue weighted by Gasteiger charge is -2.17. The van der Waals surface area contributed by atoms with Crippen LogP contribution in [0.1, 0.15) is 12.8 Å². The van der Waals surface area contributed by atoms with Crippen LogP contribution in [0.2, 0.25) is 0 Å². The van der Waals surface area contributed by atoms with Gasteiger partial charge in [0.25, 0.3) is 0 Å². The second-order valence-corrected chi connectivity index (χ2v) is 8.07. The number of thioether (sulfide) groups is 1. The number of carbonyl (C=O) groups is 2. The lowest BCUT2D eigenvalue weighted by molar-refractivity contribution is -0.130. The largest absolute Gasteiger partial charge is 0.497 e. The van der Waals surface area contributed by atoms with Crippen molar-refractivity contribution in [2.24, 2.45) is 0 Å². The van der Waals surface area contributed by atoms with Gasteiger partial charge in [0, 0.05) is 24.8 Å². The zero-order chi connectivity index (χ0) is 20.9. The maximum Gasteiger partial charge on any atom is 0.242 e. The first kappa shape index (κ1) is 20.3. The van der Waals surface area contributed by atoms with Crippen LogP contribution in [-0.4, -0.2) is 52.2 Å². The summed E-state index contributed by atoms with van der Waals surface area (Å²) in [5.74, 6) is 0.831. The van der Waals surface area contributed by atoms with Crippen molar-refractivity contribution in [1.29, 1.82) is 0 Å². The maximum atomic E-state index is 12.7. The fourth-order valence-corrected chi connectivity index (χ4v) is 4.36. The van der Waals surface area contributed by atoms with E-state index in [1.807, 2.05) is 51.9 Å². The van der Waals surface area contributed by atoms with Gasteiger partial charge in [0.2, 0.25) is 11.8 Å². The molecule has 8 heteroatoms. The molecule has 0 radical (unpaired) electrons. The van der Waals surface area contributed by atoms with Gasteiger partial charge in [0.05, 0.1) is 23.9 Å². The standard InChI is InChI=1S/C22H24N4O3S/c1-29-17-8-6-7-16(13-17)23-20(27)15-30-22-24-18-9-2-3-10-19(18)26(22)14-21(28)25-11-4-5-12-25/h2-3,6-10,13H,4-5,11-12,14-15H2,1H3,(H,23,27). The van der Waals surface area contributed by atoms with E-state index in [1.54, 1.807) is 13.2 Å². The van der Waals surface area contributed by atoms with Gasteiger partial charge in [-0.25, -0.2) is 4.98 Å². The predicted octanol–water partition coefficient (Wildman–Crippen LogP) is 3.40. The maximum absolute atomic E-state index is 12.7. The van der Waals surface area contributed by atoms with Crippen LogP contribution in [0.15, 0.2) is 53.7 Å². The van der Waals surface area contributed by atoms with Gasteiger partial charge in [-0.15, -0.1) is 0 Å². The molecular weight excluding hydrogens is 400 g/mol. The van der Waals surface area contributed by atoms with Gasteiger partial charge in [-0.1, -0.05) is 30.0 Å². The predicted molar refractivity (Wildman–Crippen MR) is 118 cm³/mol. The Morgan fingerprint density at radius 1 is 1.13 bits per heavy atom. The summed E-state index contributed by atoms with van der Waals surface area (Å²) < 4.78 is 7.10. The van der Waals surface area contributed by atoms with E-state index in [0.29, 0.717) is 16.6 Å². The molecular formula is C22H24N4O3S. The van der Waals surface area contributed by atoms with Crippen molar-refractivity contribution in [3.8, 4) is 5.75 Å². The number of aromatic nitrogens is 2. The number of benzene rings is 2. The molecule has 1 N–H and O–H groups in total. The number of carbonyl (C=O) groups excluding carboxylic acids is 2. The molecule has 2 heterocycles. The van der Waals surface area contributed by atoms with Gasteiger partial charge in [-0.3, -0.25) is 9.59 Å². The number of para-hydroxylation sites is 2. The SMILES string of the molecule is COc1cccc(NC(=O)CSc2nc3ccccc3n2CC(=O)N2CCCC2)c1. The van der Waals surface area contributed by atoms with E-state index in [2.05, 4.69) is 10.3 Å². The summed E-state index contributed by atoms with van der Waals surface area (Å²) in [5, 5.41) is 3.54. The van der Waals surface area contributed by atoms with E-state index in [1.165, 1.54) is 11.8 Å². The van der Waals surface area contributed by atoms with Crippen LogP contribution in [0.3, 0.4) is 0 Å². The fourth-order valence-electron chi connectivity index (χ4n) is 3.55. The normalized spacial score (nSPS) is 13.6. The molecule has 1 fully saturated rings. The lowest BCUT2D eigenvalue weighted by atomic mass is 10.3. The van der Waals surface area contributed by atoms with E-state index >= 15 is 0 Å². The Hall–Kier alpha value is -3.00. The number of nitrogens with zero attached hydrogens (tertiary/aromatic N) is 3. The number of methoxy groups -OCH3 is 1. The van der Waals surface area contributed by atoms with Crippen LogP contribution in [-0.2, 0) is 16.1 Å². The molecule has 4 rings (SSSR count). The molecule has 3 aromatic rings. The minimum Gasteiger partial charge on any atom is -0.497 e. The van der Waals surface area contributed by atoms with Crippen molar-refractivity contribution < 1.29 is 14.3 Å². The first-order valence-corrected chi connectivity index (χ1v) is 10.9. The number of nitrogens with one attached hydrogen (secondary N) is 1. The van der Waals surface area contributed by atoms with Crippen LogP contribution in [0.5, 0.6) is 5.75 Å². The summed E-state index contributed by atoms with van der Waals surface area (Å²) in [6.07, 6.45) is 2.12. The molecule has 0 saturated carbocycles. The quantitative estimate of drug-likeness (QED) is 0.589. The molecule has 156 valence electrons. The van der Waals surface area contributed by atoms with Gasteiger partial charge < -0.3 is 19.5 Å². The van der Waals surface area contributed by atoms with Crippen LogP contribution < -0.4 is 10.1 Å². The Morgan fingerprint density at radius 3 is 2.73 bits per heavy atom. The monoisotopic (exact) mass is 424 g/mol. The van der Waals surface area contributed by atoms with Gasteiger partial charge in [-0.05, 0) is 37.1 Å². The minimum absolute atomic E-state index is 0.0957. The molecule has 30 heavy (non-hydrogen) atoms. The zero-order valence-electron chi connectivity index (χ0n) is 16.8. The number of likely N-dealkylation sites (tertiary alicyclic amines) is 1. The Balaban J connectivity index is 1.47. The average molecular weight is 425 g/mol. The fraction of sp³-hybridized carbons (Fsp3) is 0.318. The highest BCUT2D eigenvalue weighted by atomic mass is 32.2. The van der Waals surface area contributed by atoms with Crippen LogP contribution in [0.4, 0.5) is 5.69 Å². The van der Waals surface area contributed by atoms with Crippen molar-refractivity contribution in [2.75, 3.05) is 31.3 Å². The summed E-state index contributed by atoms with van der Waals surface area (Å²) in [6, 6.07) is 15.0. The number of amides is 2. The summed E-state index contributed by atoms with van der Waals surface area (Å²) >= 11 is 1.33. The van der Waals surface area contributed by atoms with E-state index in [-0.39, 0.29) is 24.1 Å². The number of imidazole rings is 1. The lowest BCUT2D eigenvalue weighted by Crippen LogP contribution is -2.31. The average Bonchev–Trinajstić information content (AvgIpc) is 3.41. The van der Waals surface area contributed by atoms with Gasteiger partial charge in [0.1, 0.15) is 12.3 Å². The highest BCUT2D eigenvalue weighted by Crippen LogP contribution is 2.25. The molecule has 1 aliphatic rings. The third kappa shape index (κ3) is 4.59. The Bertz CT molecular complexity index is 1060. The topological polar surface area (TPSA) is 76.5 Å². The third-order valence-corrected chi connectivity index (χ3v) is 6.03. The van der Waals surface area contributed by atoms with Crippen LogP contribution in [0, 0.1) is 0 Å². The summed E-state index contributed by atoms with van der Waals surface area (Å²) in [6.45, 7) is 1.87. The number of anilines is 1. The van der Waals surface area contributed by atoms with Gasteiger partial charge in [-0.2, -0.15) is 0 Å². The molecule has 1 aromatic heterocycles. The van der Waals surface area contributed by atoms with E-state index in [9.17, 15) is 9.59 Å². The number of rotatable bonds is 7. The Kier molecular flexibility index (Phi) is 6.23. The van der Waals surface area contributed by atoms with Crippen LogP contribution in [0.25, 0.3) is 11.0 Å². The number of hydrogen-bond acceptors (Lipinski definition) is 5. The van der Waals surface area contributed by atoms with Crippen molar-refractivity contribution in [3.05, 3.63) is 48.5 Å². The molecule has 2 amide bonds. The van der Waals surface area contributed by atoms with Crippen molar-refractivity contribution in [1.82, 2.24) is 14.5 Å². The van der Waals surface area contributed by atoms with E-state index in [4.69, 9.17) is 4.74 Å². The summed E-state index contributed by atoms with van der Waals surface area (Å²) in [4.78, 5) is 31.7. The smallest absolute Gasteiger partial charge is 0.242 e. The highest BCUT2D eigenvalue weighted by Gasteiger charge is 2.21. The molecule has 0 spiro atoms. The number of fused-ring (bicyclic) bond motifs is 1. The molecule has 0 unspecified atom stereocenters. The van der Waals surface area contributed by atoms with Crippen LogP contribution >= 0.6 is 11.8 Å². The minimum atomic E-state index is -0.141. The molecule has 0 bridgehead atoms. The second kappa shape index (κ2) is 9.21. The first-order chi connectivity index (χ1) is 14.6. The molecule has 2 aromatic carbocycles. The second-order valence-electron chi connectivity index (χ2n) is 7.13. The Labute approximate surface area is 179 Å². The van der Waals surface area contributed by atoms with E-state index < -0.39 is 0 Å². The Morgan fingerprint density at radius 2 is 1.93 bits per heavy atom. The number of hydrogen-bond donors (Lipinski definition) is 1. The molecule has 7 nitrogen and oxygen atoms in total. The molecule has 0 atom stereocenters. The highest BCUT2D eigenvalue weighted by molar-refractivity contribution is 7.99. The van der Waals surface area contributed by atoms with E-state index in [0.717, 1.165) is 37.0 Å². The zero-order valence-corrected chi connectivity index (χ0v) is 17.7. The van der Waals surface area contributed by atoms with Crippen molar-refractivity contribution >= 4 is 40.3 Å². The van der Waals surface area contributed by atoms with Gasteiger partial charge >= 0.3 is 0 Å². The number of ether oxygens (including phenoxy) is 1. The third-order valence-electron chi connectivity index (χ3n) is 5.06. The molecule has 1 saturated heterocycles. The summed E-state index contributed by atoms with van der Waals surface area (Å²) in [7, 11) is 1.59. The van der Waals surface area contributed by atoms with Crippen molar-refractivity contribution in [2.45, 2.75) is 24.5 Å². The van der Waals surface area contributed by atoms with Crippen molar-refractivity contribution in [3.63, 3.8) is 0 Å². The molecule has 1 aliphatic heterocycles. The summed E-state index contributed by atoms with van der Waals surface area (Å²) in [5.41, 5.74) is 2.40. The molecule has 0 aliphatic carbocycles. The first-order valence-electron chi connectivity index (χ1n) is 9.94.